The first-order chi connectivity index (χ1) is 9.43. The summed E-state index contributed by atoms with van der Waals surface area (Å²) in [5, 5.41) is 0. The number of Topliss-reactive ketones (excluding diaryl/α,β-unsaturated/α-hetero) is 1. The van der Waals surface area contributed by atoms with Crippen LogP contribution in [0.15, 0.2) is 18.2 Å². The van der Waals surface area contributed by atoms with Crippen LogP contribution in [-0.2, 0) is 4.74 Å². The van der Waals surface area contributed by atoms with Gasteiger partial charge in [0.2, 0.25) is 6.10 Å². The molecule has 0 aliphatic rings. The summed E-state index contributed by atoms with van der Waals surface area (Å²) in [6.07, 6.45) is -15.8. The van der Waals surface area contributed by atoms with Crippen LogP contribution in [0.2, 0.25) is 0 Å². The monoisotopic (exact) mass is 322 g/mol. The van der Waals surface area contributed by atoms with Crippen molar-refractivity contribution in [2.45, 2.75) is 18.5 Å². The Balaban J connectivity index is 2.86. The van der Waals surface area contributed by atoms with Crippen LogP contribution in [-0.4, -0.2) is 30.8 Å². The van der Waals surface area contributed by atoms with Gasteiger partial charge in [-0.1, -0.05) is 0 Å². The molecular weight excluding hydrogens is 316 g/mol. The third-order valence-electron chi connectivity index (χ3n) is 2.20. The lowest BCUT2D eigenvalue weighted by Crippen LogP contribution is -2.45. The van der Waals surface area contributed by atoms with E-state index in [1.807, 2.05) is 0 Å². The molecule has 1 rings (SSSR count). The Bertz CT molecular complexity index is 506. The topological polar surface area (TPSA) is 26.3 Å². The normalized spacial score (nSPS) is 12.8. The number of alkyl halides is 6. The summed E-state index contributed by atoms with van der Waals surface area (Å²) in [6, 6.07) is 1.48. The van der Waals surface area contributed by atoms with E-state index in [2.05, 4.69) is 4.74 Å². The number of ketones is 1. The fourth-order valence-corrected chi connectivity index (χ4v) is 1.32. The first-order valence-electron chi connectivity index (χ1n) is 5.16. The predicted octanol–water partition coefficient (Wildman–Crippen LogP) is 3.66. The Hall–Kier alpha value is -1.71. The minimum atomic E-state index is -5.79. The molecule has 0 heterocycles. The quantitative estimate of drug-likeness (QED) is 0.625. The average molecular weight is 322 g/mol. The van der Waals surface area contributed by atoms with E-state index in [1.165, 1.54) is 0 Å². The Labute approximate surface area is 112 Å². The molecule has 0 spiro atoms. The Morgan fingerprint density at radius 1 is 1.05 bits per heavy atom. The molecule has 0 atom stereocenters. The van der Waals surface area contributed by atoms with Gasteiger partial charge in [0.25, 0.3) is 0 Å². The molecule has 0 bridgehead atoms. The third-order valence-corrected chi connectivity index (χ3v) is 2.20. The fraction of sp³-hybridized carbons (Fsp3) is 0.364. The molecule has 0 unspecified atom stereocenters. The minimum Gasteiger partial charge on any atom is -0.353 e. The zero-order chi connectivity index (χ0) is 16.4. The van der Waals surface area contributed by atoms with Crippen molar-refractivity contribution in [1.82, 2.24) is 0 Å². The van der Waals surface area contributed by atoms with Crippen LogP contribution in [0.1, 0.15) is 10.4 Å². The number of carbonyl (C=O) groups is 1. The van der Waals surface area contributed by atoms with Crippen molar-refractivity contribution < 1.29 is 44.7 Å². The highest BCUT2D eigenvalue weighted by Gasteiger charge is 2.58. The molecule has 2 nitrogen and oxygen atoms in total. The van der Waals surface area contributed by atoms with Crippen molar-refractivity contribution in [3.05, 3.63) is 35.4 Å². The van der Waals surface area contributed by atoms with Crippen molar-refractivity contribution in [3.63, 3.8) is 0 Å². The Morgan fingerprint density at radius 3 is 2.05 bits per heavy atom. The molecule has 1 aromatic carbocycles. The second-order valence-corrected chi connectivity index (χ2v) is 3.82. The van der Waals surface area contributed by atoms with Gasteiger partial charge >= 0.3 is 12.4 Å². The molecule has 0 fully saturated rings. The van der Waals surface area contributed by atoms with Crippen molar-refractivity contribution in [2.75, 3.05) is 6.61 Å². The van der Waals surface area contributed by atoms with Gasteiger partial charge in [-0.25, -0.2) is 8.78 Å². The lowest BCUT2D eigenvalue weighted by Gasteiger charge is -2.22. The van der Waals surface area contributed by atoms with E-state index in [4.69, 9.17) is 0 Å². The van der Waals surface area contributed by atoms with E-state index in [1.54, 1.807) is 0 Å². The summed E-state index contributed by atoms with van der Waals surface area (Å²) >= 11 is 0. The average Bonchev–Trinajstić information content (AvgIpc) is 2.28. The highest BCUT2D eigenvalue weighted by molar-refractivity contribution is 5.97. The summed E-state index contributed by atoms with van der Waals surface area (Å²) in [6.45, 7) is -1.70. The zero-order valence-corrected chi connectivity index (χ0v) is 9.86. The van der Waals surface area contributed by atoms with Crippen LogP contribution >= 0.6 is 0 Å². The summed E-state index contributed by atoms with van der Waals surface area (Å²) < 4.78 is 102. The maximum Gasteiger partial charge on any atom is 0.423 e. The van der Waals surface area contributed by atoms with Gasteiger partial charge in [-0.2, -0.15) is 26.3 Å². The molecule has 21 heavy (non-hydrogen) atoms. The van der Waals surface area contributed by atoms with Crippen LogP contribution in [0.4, 0.5) is 35.1 Å². The van der Waals surface area contributed by atoms with Gasteiger partial charge < -0.3 is 4.74 Å². The van der Waals surface area contributed by atoms with E-state index in [0.29, 0.717) is 18.2 Å². The standard InChI is InChI=1S/C11H6F8O2/c12-5-1-2-7(13)6(3-5)8(20)4-21-9(10(14,15)16)11(17,18)19/h1-3,9H,4H2. The summed E-state index contributed by atoms with van der Waals surface area (Å²) in [4.78, 5) is 11.3. The number of halogens is 8. The van der Waals surface area contributed by atoms with Crippen LogP contribution in [0.3, 0.4) is 0 Å². The molecular formula is C11H6F8O2. The summed E-state index contributed by atoms with van der Waals surface area (Å²) in [5.74, 6) is -3.92. The maximum atomic E-state index is 13.1. The van der Waals surface area contributed by atoms with Crippen molar-refractivity contribution >= 4 is 5.78 Å². The summed E-state index contributed by atoms with van der Waals surface area (Å²) in [7, 11) is 0. The van der Waals surface area contributed by atoms with E-state index in [0.717, 1.165) is 0 Å². The Kier molecular flexibility index (Phi) is 4.92. The lowest BCUT2D eigenvalue weighted by atomic mass is 10.1. The molecule has 118 valence electrons. The lowest BCUT2D eigenvalue weighted by molar-refractivity contribution is -0.319. The maximum absolute atomic E-state index is 13.1. The molecule has 1 aromatic rings. The zero-order valence-electron chi connectivity index (χ0n) is 9.86. The van der Waals surface area contributed by atoms with Crippen LogP contribution < -0.4 is 0 Å². The minimum absolute atomic E-state index is 0.344. The van der Waals surface area contributed by atoms with Crippen LogP contribution in [0.5, 0.6) is 0 Å². The van der Waals surface area contributed by atoms with Gasteiger partial charge in [0.05, 0.1) is 5.56 Å². The number of carbonyl (C=O) groups excluding carboxylic acids is 1. The van der Waals surface area contributed by atoms with Gasteiger partial charge in [0.15, 0.2) is 5.78 Å². The third kappa shape index (κ3) is 4.66. The highest BCUT2D eigenvalue weighted by Crippen LogP contribution is 2.35. The molecule has 0 saturated carbocycles. The number of ether oxygens (including phenoxy) is 1. The molecule has 0 radical (unpaired) electrons. The van der Waals surface area contributed by atoms with Gasteiger partial charge in [0, 0.05) is 0 Å². The molecule has 0 aliphatic heterocycles. The number of hydrogen-bond donors (Lipinski definition) is 0. The number of hydrogen-bond acceptors (Lipinski definition) is 2. The number of rotatable bonds is 4. The van der Waals surface area contributed by atoms with E-state index in [9.17, 15) is 39.9 Å². The van der Waals surface area contributed by atoms with E-state index >= 15 is 0 Å². The number of benzene rings is 1. The smallest absolute Gasteiger partial charge is 0.353 e. The SMILES string of the molecule is O=C(COC(C(F)(F)F)C(F)(F)F)c1cc(F)ccc1F. The second-order valence-electron chi connectivity index (χ2n) is 3.82. The van der Waals surface area contributed by atoms with Gasteiger partial charge in [0.1, 0.15) is 18.2 Å². The molecule has 0 saturated heterocycles. The second kappa shape index (κ2) is 5.96. The molecule has 0 amide bonds. The Morgan fingerprint density at radius 2 is 1.57 bits per heavy atom. The molecule has 0 aliphatic carbocycles. The van der Waals surface area contributed by atoms with Crippen molar-refractivity contribution in [2.24, 2.45) is 0 Å². The van der Waals surface area contributed by atoms with Crippen LogP contribution in [0, 0.1) is 11.6 Å². The van der Waals surface area contributed by atoms with Gasteiger partial charge in [-0.05, 0) is 18.2 Å². The first-order valence-corrected chi connectivity index (χ1v) is 5.16. The predicted molar refractivity (Wildman–Crippen MR) is 52.5 cm³/mol. The van der Waals surface area contributed by atoms with Crippen LogP contribution in [0.25, 0.3) is 0 Å². The first kappa shape index (κ1) is 17.3. The van der Waals surface area contributed by atoms with Crippen molar-refractivity contribution in [1.29, 1.82) is 0 Å². The van der Waals surface area contributed by atoms with E-state index < -0.39 is 48.0 Å². The summed E-state index contributed by atoms with van der Waals surface area (Å²) in [5.41, 5.74) is -1.00. The molecule has 0 aromatic heterocycles. The van der Waals surface area contributed by atoms with Gasteiger partial charge in [-0.15, -0.1) is 0 Å². The molecule has 0 N–H and O–H groups in total. The van der Waals surface area contributed by atoms with Gasteiger partial charge in [-0.3, -0.25) is 4.79 Å². The van der Waals surface area contributed by atoms with E-state index in [-0.39, 0.29) is 0 Å². The molecule has 10 heteroatoms. The largest absolute Gasteiger partial charge is 0.423 e. The highest BCUT2D eigenvalue weighted by atomic mass is 19.4. The fourth-order valence-electron chi connectivity index (χ4n) is 1.32. The van der Waals surface area contributed by atoms with Crippen molar-refractivity contribution in [3.8, 4) is 0 Å².